The molecule has 116 valence electrons. The van der Waals surface area contributed by atoms with Gasteiger partial charge in [0, 0.05) is 18.7 Å². The molecule has 1 fully saturated rings. The van der Waals surface area contributed by atoms with Crippen LogP contribution in [0.4, 0.5) is 5.69 Å². The van der Waals surface area contributed by atoms with E-state index in [1.54, 1.807) is 6.92 Å². The number of hydrogen-bond acceptors (Lipinski definition) is 6. The quantitative estimate of drug-likeness (QED) is 0.609. The molecule has 1 aliphatic rings. The van der Waals surface area contributed by atoms with Crippen LogP contribution in [0.25, 0.3) is 0 Å². The summed E-state index contributed by atoms with van der Waals surface area (Å²) in [7, 11) is -3.11. The topological polar surface area (TPSA) is 97.6 Å². The Morgan fingerprint density at radius 3 is 2.71 bits per heavy atom. The van der Waals surface area contributed by atoms with Crippen LogP contribution < -0.4 is 0 Å². The zero-order valence-corrected chi connectivity index (χ0v) is 13.5. The molecule has 2 rings (SSSR count). The number of sulfone groups is 1. The van der Waals surface area contributed by atoms with Crippen LogP contribution in [0, 0.1) is 10.1 Å². The highest BCUT2D eigenvalue weighted by molar-refractivity contribution is 7.91. The first kappa shape index (κ1) is 16.2. The molecule has 0 N–H and O–H groups in total. The summed E-state index contributed by atoms with van der Waals surface area (Å²) in [5.74, 6) is -0.416. The van der Waals surface area contributed by atoms with Crippen molar-refractivity contribution in [3.05, 3.63) is 25.4 Å². The highest BCUT2D eigenvalue weighted by Crippen LogP contribution is 2.35. The van der Waals surface area contributed by atoms with Crippen molar-refractivity contribution in [1.82, 2.24) is 4.90 Å². The molecule has 7 nitrogen and oxygen atoms in total. The summed E-state index contributed by atoms with van der Waals surface area (Å²) in [6.45, 7) is 2.08. The van der Waals surface area contributed by atoms with Crippen molar-refractivity contribution in [3.8, 4) is 0 Å². The molecule has 1 aliphatic heterocycles. The van der Waals surface area contributed by atoms with Gasteiger partial charge in [-0.25, -0.2) is 8.42 Å². The maximum atomic E-state index is 12.4. The van der Waals surface area contributed by atoms with Gasteiger partial charge >= 0.3 is 0 Å². The van der Waals surface area contributed by atoms with Gasteiger partial charge in [0.25, 0.3) is 11.6 Å². The Kier molecular flexibility index (Phi) is 4.54. The molecule has 21 heavy (non-hydrogen) atoms. The van der Waals surface area contributed by atoms with Gasteiger partial charge in [-0.05, 0) is 13.3 Å². The highest BCUT2D eigenvalue weighted by atomic mass is 35.5. The number of nitro groups is 1. The second kappa shape index (κ2) is 5.90. The lowest BCUT2D eigenvalue weighted by molar-refractivity contribution is -0.384. The van der Waals surface area contributed by atoms with Gasteiger partial charge in [-0.2, -0.15) is 0 Å². The summed E-state index contributed by atoms with van der Waals surface area (Å²) in [4.78, 5) is 24.1. The Morgan fingerprint density at radius 2 is 2.29 bits per heavy atom. The van der Waals surface area contributed by atoms with Gasteiger partial charge in [0.15, 0.2) is 14.2 Å². The summed E-state index contributed by atoms with van der Waals surface area (Å²) < 4.78 is 23.0. The molecule has 0 saturated carbocycles. The average molecular weight is 353 g/mol. The Balaban J connectivity index is 2.25. The minimum absolute atomic E-state index is 0.0570. The first-order valence-corrected chi connectivity index (χ1v) is 9.22. The number of carbonyl (C=O) groups is 1. The standard InChI is InChI=1S/C11H13ClN2O5S2/c1-2-13(7-3-4-21(18,19)6-7)11(15)9-5-8(14(16)17)10(12)20-9/h5,7H,2-4,6H2,1H3. The van der Waals surface area contributed by atoms with E-state index in [4.69, 9.17) is 11.6 Å². The fourth-order valence-corrected chi connectivity index (χ4v) is 5.23. The lowest BCUT2D eigenvalue weighted by atomic mass is 10.2. The molecule has 0 spiro atoms. The van der Waals surface area contributed by atoms with Crippen LogP contribution >= 0.6 is 22.9 Å². The third-order valence-electron chi connectivity index (χ3n) is 3.33. The number of carbonyl (C=O) groups excluding carboxylic acids is 1. The summed E-state index contributed by atoms with van der Waals surface area (Å²) in [6, 6.07) is 0.758. The van der Waals surface area contributed by atoms with E-state index in [1.165, 1.54) is 4.90 Å². The number of nitrogens with zero attached hydrogens (tertiary/aromatic N) is 2. The van der Waals surface area contributed by atoms with Crippen molar-refractivity contribution in [2.75, 3.05) is 18.1 Å². The van der Waals surface area contributed by atoms with Crippen LogP contribution in [0.2, 0.25) is 4.34 Å². The molecule has 10 heteroatoms. The predicted molar refractivity (Wildman–Crippen MR) is 79.8 cm³/mol. The van der Waals surface area contributed by atoms with Crippen LogP contribution in [-0.2, 0) is 9.84 Å². The molecule has 0 bridgehead atoms. The number of thiophene rings is 1. The molecule has 0 aromatic carbocycles. The zero-order valence-electron chi connectivity index (χ0n) is 11.1. The smallest absolute Gasteiger partial charge is 0.299 e. The number of halogens is 1. The molecule has 1 saturated heterocycles. The van der Waals surface area contributed by atoms with Crippen molar-refractivity contribution < 1.29 is 18.1 Å². The Hall–Kier alpha value is -1.19. The minimum Gasteiger partial charge on any atom is -0.334 e. The first-order valence-electron chi connectivity index (χ1n) is 6.20. The first-order chi connectivity index (χ1) is 9.75. The van der Waals surface area contributed by atoms with Gasteiger partial charge in [-0.1, -0.05) is 11.6 Å². The fourth-order valence-electron chi connectivity index (χ4n) is 2.32. The predicted octanol–water partition coefficient (Wildman–Crippen LogP) is 1.96. The summed E-state index contributed by atoms with van der Waals surface area (Å²) in [6.07, 6.45) is 0.392. The van der Waals surface area contributed by atoms with Crippen LogP contribution in [-0.4, -0.2) is 48.2 Å². The van der Waals surface area contributed by atoms with E-state index in [1.807, 2.05) is 0 Å². The van der Waals surface area contributed by atoms with E-state index in [9.17, 15) is 23.3 Å². The second-order valence-electron chi connectivity index (χ2n) is 4.67. The molecular weight excluding hydrogens is 340 g/mol. The van der Waals surface area contributed by atoms with Crippen molar-refractivity contribution in [3.63, 3.8) is 0 Å². The summed E-state index contributed by atoms with van der Waals surface area (Å²) >= 11 is 6.58. The normalized spacial score (nSPS) is 20.4. The number of hydrogen-bond donors (Lipinski definition) is 0. The van der Waals surface area contributed by atoms with E-state index in [0.717, 1.165) is 17.4 Å². The molecule has 1 amide bonds. The van der Waals surface area contributed by atoms with E-state index in [0.29, 0.717) is 13.0 Å². The van der Waals surface area contributed by atoms with Gasteiger partial charge in [0.2, 0.25) is 0 Å². The monoisotopic (exact) mass is 352 g/mol. The van der Waals surface area contributed by atoms with Crippen molar-refractivity contribution in [2.45, 2.75) is 19.4 Å². The van der Waals surface area contributed by atoms with Crippen molar-refractivity contribution in [1.29, 1.82) is 0 Å². The van der Waals surface area contributed by atoms with Crippen LogP contribution in [0.15, 0.2) is 6.07 Å². The Morgan fingerprint density at radius 1 is 1.62 bits per heavy atom. The molecule has 1 aromatic heterocycles. The van der Waals surface area contributed by atoms with Crippen molar-refractivity contribution in [2.24, 2.45) is 0 Å². The third kappa shape index (κ3) is 3.35. The Bertz CT molecular complexity index is 685. The molecule has 2 heterocycles. The number of rotatable bonds is 4. The summed E-state index contributed by atoms with van der Waals surface area (Å²) in [5.41, 5.74) is -0.305. The lowest BCUT2D eigenvalue weighted by Crippen LogP contribution is -2.40. The maximum absolute atomic E-state index is 12.4. The van der Waals surface area contributed by atoms with Gasteiger partial charge in [-0.3, -0.25) is 14.9 Å². The van der Waals surface area contributed by atoms with E-state index >= 15 is 0 Å². The van der Waals surface area contributed by atoms with E-state index in [-0.39, 0.29) is 32.4 Å². The largest absolute Gasteiger partial charge is 0.334 e. The SMILES string of the molecule is CCN(C(=O)c1cc([N+](=O)[O-])c(Cl)s1)C1CCS(=O)(=O)C1. The van der Waals surface area contributed by atoms with Crippen molar-refractivity contribution >= 4 is 44.4 Å². The molecule has 1 aromatic rings. The van der Waals surface area contributed by atoms with Gasteiger partial charge < -0.3 is 4.90 Å². The van der Waals surface area contributed by atoms with E-state index < -0.39 is 20.7 Å². The Labute approximate surface area is 130 Å². The molecule has 0 radical (unpaired) electrons. The fraction of sp³-hybridized carbons (Fsp3) is 0.545. The zero-order chi connectivity index (χ0) is 15.8. The van der Waals surface area contributed by atoms with E-state index in [2.05, 4.69) is 0 Å². The average Bonchev–Trinajstić information content (AvgIpc) is 2.93. The molecule has 1 atom stereocenters. The summed E-state index contributed by atoms with van der Waals surface area (Å²) in [5, 5.41) is 10.8. The lowest BCUT2D eigenvalue weighted by Gasteiger charge is -2.26. The van der Waals surface area contributed by atoms with Gasteiger partial charge in [0.1, 0.15) is 4.88 Å². The maximum Gasteiger partial charge on any atom is 0.299 e. The second-order valence-corrected chi connectivity index (χ2v) is 8.56. The minimum atomic E-state index is -3.11. The van der Waals surface area contributed by atoms with Crippen LogP contribution in [0.1, 0.15) is 23.0 Å². The number of amides is 1. The van der Waals surface area contributed by atoms with Crippen LogP contribution in [0.3, 0.4) is 0 Å². The molecular formula is C11H13ClN2O5S2. The highest BCUT2D eigenvalue weighted by Gasteiger charge is 2.35. The van der Waals surface area contributed by atoms with Gasteiger partial charge in [-0.15, -0.1) is 11.3 Å². The molecule has 0 aliphatic carbocycles. The van der Waals surface area contributed by atoms with Gasteiger partial charge in [0.05, 0.1) is 16.4 Å². The van der Waals surface area contributed by atoms with Crippen LogP contribution in [0.5, 0.6) is 0 Å². The molecule has 1 unspecified atom stereocenters. The third-order valence-corrected chi connectivity index (χ3v) is 6.40.